The lowest BCUT2D eigenvalue weighted by Crippen LogP contribution is -2.16. The first kappa shape index (κ1) is 34.2. The quantitative estimate of drug-likeness (QED) is 0.118. The summed E-state index contributed by atoms with van der Waals surface area (Å²) in [6, 6.07) is 22.9. The van der Waals surface area contributed by atoms with Crippen LogP contribution in [-0.2, 0) is 29.6 Å². The van der Waals surface area contributed by atoms with Gasteiger partial charge >= 0.3 is 0 Å². The minimum Gasteiger partial charge on any atom is -0.326 e. The Morgan fingerprint density at radius 2 is 0.804 bits per heavy atom. The molecule has 4 aromatic carbocycles. The maximum Gasteiger partial charge on any atom is 0.261 e. The predicted octanol–water partition coefficient (Wildman–Crippen LogP) is 6.66. The van der Waals surface area contributed by atoms with E-state index in [4.69, 9.17) is 0 Å². The molecule has 242 valence electrons. The number of hydrogen-bond acceptors (Lipinski definition) is 6. The van der Waals surface area contributed by atoms with Gasteiger partial charge in [0.1, 0.15) is 0 Å². The molecule has 2 amide bonds. The van der Waals surface area contributed by atoms with Crippen molar-refractivity contribution in [3.63, 3.8) is 0 Å². The standard InChI is InChI=1S/C34H38N4O6S2/c1-23-9-7-10-24(2)33(23)37-45(41,42)29-19-15-27(16-20-29)35-31(39)13-5-6-14-32(40)36-28-17-21-30(22-18-28)46(43,44)38-34-25(3)11-8-12-26(34)4/h7-12,15-22,37-38H,5-6,13-14H2,1-4H3,(H,35,39)(H,36,40). The van der Waals surface area contributed by atoms with Crippen LogP contribution in [0, 0.1) is 27.7 Å². The van der Waals surface area contributed by atoms with E-state index in [0.717, 1.165) is 22.3 Å². The predicted molar refractivity (Wildman–Crippen MR) is 182 cm³/mol. The van der Waals surface area contributed by atoms with Crippen LogP contribution >= 0.6 is 0 Å². The van der Waals surface area contributed by atoms with Crippen LogP contribution in [0.2, 0.25) is 0 Å². The van der Waals surface area contributed by atoms with Gasteiger partial charge in [0.05, 0.1) is 21.2 Å². The summed E-state index contributed by atoms with van der Waals surface area (Å²) < 4.78 is 56.7. The molecule has 0 saturated heterocycles. The average Bonchev–Trinajstić information content (AvgIpc) is 3.00. The molecule has 46 heavy (non-hydrogen) atoms. The highest BCUT2D eigenvalue weighted by atomic mass is 32.2. The van der Waals surface area contributed by atoms with Crippen molar-refractivity contribution in [3.05, 3.63) is 107 Å². The SMILES string of the molecule is Cc1cccc(C)c1NS(=O)(=O)c1ccc(NC(=O)CCCCC(=O)Nc2ccc(S(=O)(=O)Nc3c(C)cccc3C)cc2)cc1. The number of anilines is 4. The van der Waals surface area contributed by atoms with Crippen LogP contribution in [0.1, 0.15) is 47.9 Å². The molecule has 4 aromatic rings. The largest absolute Gasteiger partial charge is 0.326 e. The molecule has 0 unspecified atom stereocenters. The molecule has 4 rings (SSSR count). The number of nitrogens with one attached hydrogen (secondary N) is 4. The van der Waals surface area contributed by atoms with Crippen LogP contribution in [0.5, 0.6) is 0 Å². The molecule has 0 bridgehead atoms. The molecule has 0 aliphatic heterocycles. The summed E-state index contributed by atoms with van der Waals surface area (Å²) in [4.78, 5) is 25.0. The van der Waals surface area contributed by atoms with Gasteiger partial charge in [0.15, 0.2) is 0 Å². The van der Waals surface area contributed by atoms with Gasteiger partial charge in [-0.1, -0.05) is 36.4 Å². The molecule has 0 fully saturated rings. The number of benzene rings is 4. The maximum atomic E-state index is 12.9. The first-order valence-corrected chi connectivity index (χ1v) is 17.7. The van der Waals surface area contributed by atoms with Crippen LogP contribution in [0.4, 0.5) is 22.7 Å². The molecule has 10 nitrogen and oxygen atoms in total. The van der Waals surface area contributed by atoms with Crippen molar-refractivity contribution < 1.29 is 26.4 Å². The Kier molecular flexibility index (Phi) is 10.9. The van der Waals surface area contributed by atoms with Crippen LogP contribution in [0.3, 0.4) is 0 Å². The van der Waals surface area contributed by atoms with Crippen molar-refractivity contribution >= 4 is 54.6 Å². The Balaban J connectivity index is 1.20. The Bertz CT molecular complexity index is 1760. The summed E-state index contributed by atoms with van der Waals surface area (Å²) >= 11 is 0. The molecule has 0 atom stereocenters. The Morgan fingerprint density at radius 1 is 0.500 bits per heavy atom. The lowest BCUT2D eigenvalue weighted by atomic mass is 10.1. The van der Waals surface area contributed by atoms with Crippen LogP contribution < -0.4 is 20.1 Å². The van der Waals surface area contributed by atoms with E-state index in [2.05, 4.69) is 20.1 Å². The van der Waals surface area contributed by atoms with E-state index in [1.807, 2.05) is 64.1 Å². The van der Waals surface area contributed by atoms with Crippen molar-refractivity contribution in [1.29, 1.82) is 0 Å². The molecule has 0 aliphatic rings. The fourth-order valence-electron chi connectivity index (χ4n) is 4.79. The first-order valence-electron chi connectivity index (χ1n) is 14.7. The number of unbranched alkanes of at least 4 members (excludes halogenated alkanes) is 1. The number of hydrogen-bond donors (Lipinski definition) is 4. The molecule has 0 saturated carbocycles. The first-order chi connectivity index (χ1) is 21.7. The van der Waals surface area contributed by atoms with E-state index in [0.29, 0.717) is 35.6 Å². The highest BCUT2D eigenvalue weighted by molar-refractivity contribution is 7.93. The second kappa shape index (κ2) is 14.6. The minimum absolute atomic E-state index is 0.0736. The third-order valence-electron chi connectivity index (χ3n) is 7.39. The fourth-order valence-corrected chi connectivity index (χ4v) is 7.20. The molecule has 0 spiro atoms. The lowest BCUT2D eigenvalue weighted by molar-refractivity contribution is -0.118. The number of amides is 2. The molecule has 0 radical (unpaired) electrons. The molecule has 12 heteroatoms. The van der Waals surface area contributed by atoms with Crippen LogP contribution in [0.15, 0.2) is 94.7 Å². The number of carbonyl (C=O) groups excluding carboxylic acids is 2. The van der Waals surface area contributed by atoms with Gasteiger partial charge in [-0.2, -0.15) is 0 Å². The fraction of sp³-hybridized carbons (Fsp3) is 0.235. The zero-order valence-corrected chi connectivity index (χ0v) is 27.8. The van der Waals surface area contributed by atoms with E-state index in [1.54, 1.807) is 0 Å². The van der Waals surface area contributed by atoms with Crippen LogP contribution in [-0.4, -0.2) is 28.6 Å². The summed E-state index contributed by atoms with van der Waals surface area (Å²) in [6.45, 7) is 7.32. The maximum absolute atomic E-state index is 12.9. The third kappa shape index (κ3) is 8.95. The third-order valence-corrected chi connectivity index (χ3v) is 10.1. The van der Waals surface area contributed by atoms with E-state index in [1.165, 1.54) is 48.5 Å². The number of para-hydroxylation sites is 2. The number of sulfonamides is 2. The zero-order chi connectivity index (χ0) is 33.5. The summed E-state index contributed by atoms with van der Waals surface area (Å²) in [6.07, 6.45) is 1.29. The normalized spacial score (nSPS) is 11.5. The second-order valence-corrected chi connectivity index (χ2v) is 14.5. The monoisotopic (exact) mass is 662 g/mol. The van der Waals surface area contributed by atoms with E-state index >= 15 is 0 Å². The van der Waals surface area contributed by atoms with Gasteiger partial charge in [-0.15, -0.1) is 0 Å². The molecule has 0 aromatic heterocycles. The van der Waals surface area contributed by atoms with Gasteiger partial charge in [0, 0.05) is 24.2 Å². The van der Waals surface area contributed by atoms with Crippen molar-refractivity contribution in [1.82, 2.24) is 0 Å². The molecule has 0 heterocycles. The summed E-state index contributed by atoms with van der Waals surface area (Å²) in [5.74, 6) is -0.507. The highest BCUT2D eigenvalue weighted by Crippen LogP contribution is 2.26. The van der Waals surface area contributed by atoms with E-state index in [9.17, 15) is 26.4 Å². The van der Waals surface area contributed by atoms with Crippen molar-refractivity contribution in [2.24, 2.45) is 0 Å². The number of rotatable bonds is 13. The summed E-state index contributed by atoms with van der Waals surface area (Å²) in [7, 11) is -7.61. The van der Waals surface area contributed by atoms with Crippen LogP contribution in [0.25, 0.3) is 0 Å². The Labute approximate surface area is 270 Å². The molecular weight excluding hydrogens is 625 g/mol. The summed E-state index contributed by atoms with van der Waals surface area (Å²) in [5, 5.41) is 5.49. The Morgan fingerprint density at radius 3 is 1.11 bits per heavy atom. The zero-order valence-electron chi connectivity index (χ0n) is 26.2. The van der Waals surface area contributed by atoms with Gasteiger partial charge < -0.3 is 10.6 Å². The van der Waals surface area contributed by atoms with Gasteiger partial charge in [-0.25, -0.2) is 16.8 Å². The van der Waals surface area contributed by atoms with E-state index in [-0.39, 0.29) is 34.4 Å². The molecule has 4 N–H and O–H groups in total. The number of aryl methyl sites for hydroxylation is 4. The second-order valence-electron chi connectivity index (χ2n) is 11.1. The topological polar surface area (TPSA) is 151 Å². The van der Waals surface area contributed by atoms with Gasteiger partial charge in [0.25, 0.3) is 20.0 Å². The Hall–Kier alpha value is -4.68. The van der Waals surface area contributed by atoms with Crippen molar-refractivity contribution in [2.75, 3.05) is 20.1 Å². The van der Waals surface area contributed by atoms with Crippen molar-refractivity contribution in [2.45, 2.75) is 63.2 Å². The smallest absolute Gasteiger partial charge is 0.261 e. The van der Waals surface area contributed by atoms with Gasteiger partial charge in [0.2, 0.25) is 11.8 Å². The van der Waals surface area contributed by atoms with Gasteiger partial charge in [-0.3, -0.25) is 19.0 Å². The molecule has 0 aliphatic carbocycles. The summed E-state index contributed by atoms with van der Waals surface area (Å²) in [5.41, 5.74) is 5.26. The highest BCUT2D eigenvalue weighted by Gasteiger charge is 2.18. The van der Waals surface area contributed by atoms with Crippen molar-refractivity contribution in [3.8, 4) is 0 Å². The average molecular weight is 663 g/mol. The van der Waals surface area contributed by atoms with E-state index < -0.39 is 20.0 Å². The minimum atomic E-state index is -3.81. The van der Waals surface area contributed by atoms with Gasteiger partial charge in [-0.05, 0) is 111 Å². The lowest BCUT2D eigenvalue weighted by Gasteiger charge is -2.13. The molecular formula is C34H38N4O6S2. The number of carbonyl (C=O) groups is 2.